The molecule has 1 heterocycles. The van der Waals surface area contributed by atoms with E-state index < -0.39 is 12.1 Å². The second-order valence-electron chi connectivity index (χ2n) is 10.3. The van der Waals surface area contributed by atoms with E-state index in [0.29, 0.717) is 23.3 Å². The molecule has 2 aliphatic carbocycles. The molecule has 0 spiro atoms. The molecule has 7 heteroatoms. The average molecular weight is 497 g/mol. The van der Waals surface area contributed by atoms with E-state index in [1.54, 1.807) is 17.0 Å². The van der Waals surface area contributed by atoms with Gasteiger partial charge in [0.15, 0.2) is 0 Å². The minimum absolute atomic E-state index is 0.169. The van der Waals surface area contributed by atoms with Gasteiger partial charge in [0.2, 0.25) is 0 Å². The Balaban J connectivity index is 1.32. The summed E-state index contributed by atoms with van der Waals surface area (Å²) in [5, 5.41) is 6.41. The maximum Gasteiger partial charge on any atom is 0.436 e. The van der Waals surface area contributed by atoms with Crippen LogP contribution < -0.4 is 21.0 Å². The van der Waals surface area contributed by atoms with Crippen LogP contribution in [0.25, 0.3) is 0 Å². The molecule has 3 N–H and O–H groups in total. The first-order valence-electron chi connectivity index (χ1n) is 13.2. The van der Waals surface area contributed by atoms with Crippen LogP contribution in [0.2, 0.25) is 0 Å². The Morgan fingerprint density at radius 2 is 1.70 bits per heavy atom. The Labute approximate surface area is 217 Å². The van der Waals surface area contributed by atoms with Crippen molar-refractivity contribution >= 4 is 29.2 Å². The van der Waals surface area contributed by atoms with Crippen molar-refractivity contribution in [2.45, 2.75) is 50.0 Å². The zero-order valence-electron chi connectivity index (χ0n) is 20.8. The van der Waals surface area contributed by atoms with Crippen LogP contribution in [0.4, 0.5) is 26.7 Å². The van der Waals surface area contributed by atoms with Crippen molar-refractivity contribution in [2.24, 2.45) is 5.92 Å². The molecule has 3 atom stereocenters. The molecule has 0 aromatic heterocycles. The highest BCUT2D eigenvalue weighted by atomic mass is 16.7. The summed E-state index contributed by atoms with van der Waals surface area (Å²) in [5.74, 6) is 0.641. The minimum Gasteiger partial charge on any atom is -0.320 e. The van der Waals surface area contributed by atoms with Gasteiger partial charge in [0.05, 0.1) is 11.4 Å². The Bertz CT molecular complexity index is 1280. The van der Waals surface area contributed by atoms with Gasteiger partial charge in [-0.15, -0.1) is 0 Å². The van der Waals surface area contributed by atoms with Crippen molar-refractivity contribution in [1.82, 2.24) is 10.8 Å². The summed E-state index contributed by atoms with van der Waals surface area (Å²) in [5.41, 5.74) is 7.28. The minimum atomic E-state index is -0.759. The monoisotopic (exact) mass is 496 g/mol. The van der Waals surface area contributed by atoms with Gasteiger partial charge in [-0.25, -0.2) is 9.59 Å². The molecule has 6 rings (SSSR count). The van der Waals surface area contributed by atoms with Crippen LogP contribution in [0.3, 0.4) is 0 Å². The Kier molecular flexibility index (Phi) is 6.30. The van der Waals surface area contributed by atoms with Gasteiger partial charge in [-0.2, -0.15) is 5.48 Å². The van der Waals surface area contributed by atoms with Crippen LogP contribution in [-0.2, 0) is 16.7 Å². The lowest BCUT2D eigenvalue weighted by atomic mass is 9.52. The molecule has 0 unspecified atom stereocenters. The maximum absolute atomic E-state index is 13.6. The molecule has 3 aliphatic rings. The summed E-state index contributed by atoms with van der Waals surface area (Å²) in [4.78, 5) is 32.7. The number of amides is 3. The first kappa shape index (κ1) is 23.6. The van der Waals surface area contributed by atoms with E-state index in [4.69, 9.17) is 4.84 Å². The fraction of sp³-hybridized carbons (Fsp3) is 0.333. The van der Waals surface area contributed by atoms with Crippen LogP contribution in [0.1, 0.15) is 43.2 Å². The first-order valence-corrected chi connectivity index (χ1v) is 13.2. The number of nitrogens with zero attached hydrogens (tertiary/aromatic N) is 1. The van der Waals surface area contributed by atoms with Crippen molar-refractivity contribution in [3.63, 3.8) is 0 Å². The largest absolute Gasteiger partial charge is 0.436 e. The second kappa shape index (κ2) is 9.90. The molecule has 3 aromatic rings. The Morgan fingerprint density at radius 1 is 0.919 bits per heavy atom. The molecule has 2 bridgehead atoms. The standard InChI is InChI=1S/C30H32N4O3/c35-28(33-37-29(36)32-21-10-3-1-4-11-21)34(22-12-5-2-6-13-22)27-16-9-15-24-23(27)20-26-25-14-7-8-17-30(24,25)18-19-31-26/h1-6,9-13,15-16,25-26,31H,7-8,14,17-20H2,(H,32,36)(H,33,35)/t25-,26+,30-/m0/s1. The summed E-state index contributed by atoms with van der Waals surface area (Å²) >= 11 is 0. The predicted molar refractivity (Wildman–Crippen MR) is 144 cm³/mol. The number of piperidine rings is 1. The summed E-state index contributed by atoms with van der Waals surface area (Å²) in [6, 6.07) is 24.7. The number of hydrogen-bond donors (Lipinski definition) is 3. The van der Waals surface area contributed by atoms with Crippen molar-refractivity contribution in [2.75, 3.05) is 16.8 Å². The van der Waals surface area contributed by atoms with Gasteiger partial charge in [-0.3, -0.25) is 10.2 Å². The fourth-order valence-electron chi connectivity index (χ4n) is 6.90. The van der Waals surface area contributed by atoms with E-state index in [9.17, 15) is 9.59 Å². The molecule has 0 radical (unpaired) electrons. The number of nitrogens with one attached hydrogen (secondary N) is 3. The van der Waals surface area contributed by atoms with Crippen LogP contribution >= 0.6 is 0 Å². The van der Waals surface area contributed by atoms with E-state index in [0.717, 1.165) is 25.1 Å². The molecule has 2 fully saturated rings. The van der Waals surface area contributed by atoms with Gasteiger partial charge in [-0.05, 0) is 79.6 Å². The third kappa shape index (κ3) is 4.33. The van der Waals surface area contributed by atoms with Crippen LogP contribution in [0, 0.1) is 5.92 Å². The number of urea groups is 1. The van der Waals surface area contributed by atoms with Gasteiger partial charge in [-0.1, -0.05) is 61.4 Å². The number of fused-ring (bicyclic) bond motifs is 1. The highest BCUT2D eigenvalue weighted by molar-refractivity contribution is 6.00. The number of hydroxylamine groups is 1. The predicted octanol–water partition coefficient (Wildman–Crippen LogP) is 6.04. The number of rotatable bonds is 3. The molecular formula is C30H32N4O3. The quantitative estimate of drug-likeness (QED) is 0.386. The number of anilines is 3. The lowest BCUT2D eigenvalue weighted by molar-refractivity contribution is 0.0799. The number of carbonyl (C=O) groups excluding carboxylic acids is 2. The van der Waals surface area contributed by atoms with Crippen molar-refractivity contribution in [1.29, 1.82) is 0 Å². The highest BCUT2D eigenvalue weighted by Gasteiger charge is 2.52. The molecule has 7 nitrogen and oxygen atoms in total. The SMILES string of the molecule is O=C(Nc1ccccc1)ONC(=O)N(c1ccccc1)c1cccc2c1C[C@H]1NCC[C@@]23CCCC[C@@H]13. The lowest BCUT2D eigenvalue weighted by Gasteiger charge is -2.56. The number of para-hydroxylation sites is 2. The maximum atomic E-state index is 13.6. The van der Waals surface area contributed by atoms with Gasteiger partial charge in [0.1, 0.15) is 0 Å². The normalized spacial score (nSPS) is 23.7. The Morgan fingerprint density at radius 3 is 2.51 bits per heavy atom. The van der Waals surface area contributed by atoms with Crippen LogP contribution in [0.5, 0.6) is 0 Å². The summed E-state index contributed by atoms with van der Waals surface area (Å²) < 4.78 is 0. The molecule has 3 aromatic carbocycles. The summed E-state index contributed by atoms with van der Waals surface area (Å²) in [6.07, 6.45) is 6.25. The van der Waals surface area contributed by atoms with Gasteiger partial charge >= 0.3 is 12.1 Å². The van der Waals surface area contributed by atoms with Crippen LogP contribution in [-0.4, -0.2) is 24.7 Å². The second-order valence-corrected chi connectivity index (χ2v) is 10.3. The van der Waals surface area contributed by atoms with Gasteiger partial charge in [0.25, 0.3) is 0 Å². The zero-order chi connectivity index (χ0) is 25.2. The molecular weight excluding hydrogens is 464 g/mol. The summed E-state index contributed by atoms with van der Waals surface area (Å²) in [7, 11) is 0. The number of benzene rings is 3. The fourth-order valence-corrected chi connectivity index (χ4v) is 6.90. The lowest BCUT2D eigenvalue weighted by Crippen LogP contribution is -2.59. The number of hydrogen-bond acceptors (Lipinski definition) is 4. The van der Waals surface area contributed by atoms with Crippen molar-refractivity contribution < 1.29 is 14.4 Å². The topological polar surface area (TPSA) is 82.7 Å². The van der Waals surface area contributed by atoms with Crippen molar-refractivity contribution in [3.8, 4) is 0 Å². The molecule has 1 saturated carbocycles. The molecule has 190 valence electrons. The van der Waals surface area contributed by atoms with E-state index in [1.807, 2.05) is 54.6 Å². The van der Waals surface area contributed by atoms with E-state index in [2.05, 4.69) is 28.2 Å². The molecule has 1 aliphatic heterocycles. The molecule has 1 saturated heterocycles. The summed E-state index contributed by atoms with van der Waals surface area (Å²) in [6.45, 7) is 1.04. The van der Waals surface area contributed by atoms with Crippen LogP contribution in [0.15, 0.2) is 78.9 Å². The van der Waals surface area contributed by atoms with Crippen molar-refractivity contribution in [3.05, 3.63) is 90.0 Å². The highest BCUT2D eigenvalue weighted by Crippen LogP contribution is 2.55. The third-order valence-electron chi connectivity index (χ3n) is 8.38. The van der Waals surface area contributed by atoms with Gasteiger partial charge < -0.3 is 10.2 Å². The van der Waals surface area contributed by atoms with E-state index in [-0.39, 0.29) is 5.41 Å². The smallest absolute Gasteiger partial charge is 0.320 e. The molecule has 3 amide bonds. The zero-order valence-corrected chi connectivity index (χ0v) is 20.8. The Hall–Kier alpha value is -3.84. The number of carbonyl (C=O) groups is 2. The first-order chi connectivity index (χ1) is 18.2. The third-order valence-corrected chi connectivity index (χ3v) is 8.38. The van der Waals surface area contributed by atoms with Gasteiger partial charge in [0, 0.05) is 17.1 Å². The van der Waals surface area contributed by atoms with E-state index >= 15 is 0 Å². The van der Waals surface area contributed by atoms with E-state index in [1.165, 1.54) is 36.8 Å². The average Bonchev–Trinajstić information content (AvgIpc) is 2.93. The molecule has 37 heavy (non-hydrogen) atoms.